The SMILES string of the molecule is Cc1nnc(CN2CCC(Cn3c(C)nc4cc(F)ccc4c3=O)CC2)o1. The van der Waals surface area contributed by atoms with Crippen LogP contribution in [0, 0.1) is 25.6 Å². The first-order chi connectivity index (χ1) is 13.0. The fraction of sp³-hybridized carbons (Fsp3) is 0.474. The van der Waals surface area contributed by atoms with E-state index in [2.05, 4.69) is 20.1 Å². The number of fused-ring (bicyclic) bond motifs is 1. The van der Waals surface area contributed by atoms with Crippen molar-refractivity contribution in [3.63, 3.8) is 0 Å². The highest BCUT2D eigenvalue weighted by Crippen LogP contribution is 2.21. The van der Waals surface area contributed by atoms with Crippen molar-refractivity contribution in [2.45, 2.75) is 39.8 Å². The molecule has 0 unspecified atom stereocenters. The van der Waals surface area contributed by atoms with Crippen LogP contribution >= 0.6 is 0 Å². The first-order valence-electron chi connectivity index (χ1n) is 9.17. The Balaban J connectivity index is 1.44. The van der Waals surface area contributed by atoms with Crippen LogP contribution in [-0.2, 0) is 13.1 Å². The summed E-state index contributed by atoms with van der Waals surface area (Å²) in [4.78, 5) is 19.5. The summed E-state index contributed by atoms with van der Waals surface area (Å²) >= 11 is 0. The van der Waals surface area contributed by atoms with Crippen LogP contribution in [0.3, 0.4) is 0 Å². The lowest BCUT2D eigenvalue weighted by atomic mass is 9.96. The molecule has 1 aliphatic heterocycles. The molecular formula is C19H22FN5O2. The average Bonchev–Trinajstić information content (AvgIpc) is 3.04. The number of likely N-dealkylation sites (tertiary alicyclic amines) is 1. The fourth-order valence-corrected chi connectivity index (χ4v) is 3.70. The van der Waals surface area contributed by atoms with Crippen molar-refractivity contribution in [3.8, 4) is 0 Å². The molecule has 0 amide bonds. The number of rotatable bonds is 4. The van der Waals surface area contributed by atoms with Gasteiger partial charge in [-0.25, -0.2) is 9.37 Å². The number of aromatic nitrogens is 4. The summed E-state index contributed by atoms with van der Waals surface area (Å²) in [6.07, 6.45) is 1.97. The first-order valence-corrected chi connectivity index (χ1v) is 9.17. The van der Waals surface area contributed by atoms with Crippen LogP contribution in [0.1, 0.15) is 30.4 Å². The Bertz CT molecular complexity index is 1020. The molecule has 0 bridgehead atoms. The van der Waals surface area contributed by atoms with E-state index in [4.69, 9.17) is 4.42 Å². The highest BCUT2D eigenvalue weighted by atomic mass is 19.1. The topological polar surface area (TPSA) is 77.1 Å². The molecule has 0 N–H and O–H groups in total. The van der Waals surface area contributed by atoms with Gasteiger partial charge in [0.1, 0.15) is 11.6 Å². The Morgan fingerprint density at radius 1 is 1.22 bits per heavy atom. The van der Waals surface area contributed by atoms with Crippen molar-refractivity contribution < 1.29 is 8.81 Å². The summed E-state index contributed by atoms with van der Waals surface area (Å²) < 4.78 is 20.6. The van der Waals surface area contributed by atoms with Crippen molar-refractivity contribution in [2.75, 3.05) is 13.1 Å². The number of hydrogen-bond donors (Lipinski definition) is 0. The van der Waals surface area contributed by atoms with E-state index < -0.39 is 0 Å². The Hall–Kier alpha value is -2.61. The minimum Gasteiger partial charge on any atom is -0.424 e. The van der Waals surface area contributed by atoms with Gasteiger partial charge >= 0.3 is 0 Å². The van der Waals surface area contributed by atoms with Crippen molar-refractivity contribution in [1.29, 1.82) is 0 Å². The van der Waals surface area contributed by atoms with E-state index in [1.54, 1.807) is 18.4 Å². The Morgan fingerprint density at radius 2 is 2.00 bits per heavy atom. The molecule has 0 saturated carbocycles. The zero-order chi connectivity index (χ0) is 19.0. The second-order valence-corrected chi connectivity index (χ2v) is 7.17. The average molecular weight is 371 g/mol. The summed E-state index contributed by atoms with van der Waals surface area (Å²) in [5.74, 6) is 1.88. The first kappa shape index (κ1) is 17.8. The van der Waals surface area contributed by atoms with Crippen LogP contribution in [0.4, 0.5) is 4.39 Å². The number of piperidine rings is 1. The molecule has 4 rings (SSSR count). The molecule has 0 spiro atoms. The maximum Gasteiger partial charge on any atom is 0.261 e. The molecule has 3 aromatic rings. The van der Waals surface area contributed by atoms with Gasteiger partial charge in [0.25, 0.3) is 5.56 Å². The molecule has 142 valence electrons. The number of benzene rings is 1. The molecule has 1 aromatic carbocycles. The maximum atomic E-state index is 13.4. The summed E-state index contributed by atoms with van der Waals surface area (Å²) in [6, 6.07) is 4.14. The van der Waals surface area contributed by atoms with Crippen LogP contribution in [0.25, 0.3) is 10.9 Å². The zero-order valence-corrected chi connectivity index (χ0v) is 15.5. The minimum atomic E-state index is -0.379. The third kappa shape index (κ3) is 3.75. The molecule has 1 saturated heterocycles. The number of aryl methyl sites for hydroxylation is 2. The minimum absolute atomic E-state index is 0.0961. The van der Waals surface area contributed by atoms with E-state index in [-0.39, 0.29) is 11.4 Å². The standard InChI is InChI=1S/C19H22FN5O2/c1-12-21-17-9-15(20)3-4-16(17)19(26)25(12)10-14-5-7-24(8-6-14)11-18-23-22-13(2)27-18/h3-4,9,14H,5-8,10-11H2,1-2H3. The highest BCUT2D eigenvalue weighted by molar-refractivity contribution is 5.77. The number of nitrogens with zero attached hydrogens (tertiary/aromatic N) is 5. The summed E-state index contributed by atoms with van der Waals surface area (Å²) in [7, 11) is 0. The van der Waals surface area contributed by atoms with Crippen molar-refractivity contribution in [3.05, 3.63) is 52.0 Å². The molecule has 0 aliphatic carbocycles. The smallest absolute Gasteiger partial charge is 0.261 e. The molecule has 27 heavy (non-hydrogen) atoms. The molecule has 7 nitrogen and oxygen atoms in total. The van der Waals surface area contributed by atoms with Gasteiger partial charge < -0.3 is 4.42 Å². The largest absolute Gasteiger partial charge is 0.424 e. The maximum absolute atomic E-state index is 13.4. The van der Waals surface area contributed by atoms with E-state index in [1.807, 2.05) is 0 Å². The summed E-state index contributed by atoms with van der Waals surface area (Å²) in [6.45, 7) is 6.74. The lowest BCUT2D eigenvalue weighted by Gasteiger charge is -2.31. The second-order valence-electron chi connectivity index (χ2n) is 7.17. The van der Waals surface area contributed by atoms with Crippen molar-refractivity contribution in [2.24, 2.45) is 5.92 Å². The monoisotopic (exact) mass is 371 g/mol. The van der Waals surface area contributed by atoms with Gasteiger partial charge in [-0.2, -0.15) is 0 Å². The summed E-state index contributed by atoms with van der Waals surface area (Å²) in [5, 5.41) is 8.37. The molecule has 0 atom stereocenters. The zero-order valence-electron chi connectivity index (χ0n) is 15.5. The quantitative estimate of drug-likeness (QED) is 0.701. The van der Waals surface area contributed by atoms with Crippen molar-refractivity contribution in [1.82, 2.24) is 24.6 Å². The number of hydrogen-bond acceptors (Lipinski definition) is 6. The van der Waals surface area contributed by atoms with E-state index in [1.165, 1.54) is 18.2 Å². The van der Waals surface area contributed by atoms with Gasteiger partial charge in [-0.1, -0.05) is 0 Å². The van der Waals surface area contributed by atoms with Crippen LogP contribution in [0.15, 0.2) is 27.4 Å². The van der Waals surface area contributed by atoms with Gasteiger partial charge in [0.2, 0.25) is 11.8 Å². The van der Waals surface area contributed by atoms with E-state index >= 15 is 0 Å². The normalized spacial score (nSPS) is 16.3. The van der Waals surface area contributed by atoms with Gasteiger partial charge in [0.05, 0.1) is 17.4 Å². The molecular weight excluding hydrogens is 349 g/mol. The molecule has 8 heteroatoms. The van der Waals surface area contributed by atoms with E-state index in [0.29, 0.717) is 47.5 Å². The van der Waals surface area contributed by atoms with Gasteiger partial charge in [-0.3, -0.25) is 14.3 Å². The van der Waals surface area contributed by atoms with E-state index in [9.17, 15) is 9.18 Å². The summed E-state index contributed by atoms with van der Waals surface area (Å²) in [5.41, 5.74) is 0.319. The van der Waals surface area contributed by atoms with Crippen LogP contribution in [0.5, 0.6) is 0 Å². The Morgan fingerprint density at radius 3 is 2.70 bits per heavy atom. The molecule has 0 radical (unpaired) electrons. The third-order valence-electron chi connectivity index (χ3n) is 5.18. The van der Waals surface area contributed by atoms with Gasteiger partial charge in [0, 0.05) is 19.5 Å². The predicted molar refractivity (Wildman–Crippen MR) is 97.7 cm³/mol. The molecule has 3 heterocycles. The second kappa shape index (κ2) is 7.19. The lowest BCUT2D eigenvalue weighted by molar-refractivity contribution is 0.153. The Labute approximate surface area is 155 Å². The van der Waals surface area contributed by atoms with Crippen molar-refractivity contribution >= 4 is 10.9 Å². The highest BCUT2D eigenvalue weighted by Gasteiger charge is 2.22. The van der Waals surface area contributed by atoms with Crippen LogP contribution < -0.4 is 5.56 Å². The fourth-order valence-electron chi connectivity index (χ4n) is 3.70. The molecule has 1 aliphatic rings. The van der Waals surface area contributed by atoms with Gasteiger partial charge in [-0.15, -0.1) is 10.2 Å². The molecule has 2 aromatic heterocycles. The van der Waals surface area contributed by atoms with Gasteiger partial charge in [-0.05, 0) is 50.9 Å². The van der Waals surface area contributed by atoms with Crippen LogP contribution in [0.2, 0.25) is 0 Å². The number of halogens is 1. The van der Waals surface area contributed by atoms with E-state index in [0.717, 1.165) is 25.9 Å². The predicted octanol–water partition coefficient (Wildman–Crippen LogP) is 2.45. The Kier molecular flexibility index (Phi) is 4.73. The van der Waals surface area contributed by atoms with Gasteiger partial charge in [0.15, 0.2) is 0 Å². The lowest BCUT2D eigenvalue weighted by Crippen LogP contribution is -2.36. The third-order valence-corrected chi connectivity index (χ3v) is 5.18. The van der Waals surface area contributed by atoms with Crippen LogP contribution in [-0.4, -0.2) is 37.7 Å². The molecule has 1 fully saturated rings.